The zero-order valence-corrected chi connectivity index (χ0v) is 11.9. The molecule has 18 heavy (non-hydrogen) atoms. The summed E-state index contributed by atoms with van der Waals surface area (Å²) in [6.07, 6.45) is 9.29. The van der Waals surface area contributed by atoms with Crippen LogP contribution in [0.5, 0.6) is 0 Å². The zero-order valence-electron chi connectivity index (χ0n) is 11.9. The van der Waals surface area contributed by atoms with Gasteiger partial charge in [-0.2, -0.15) is 0 Å². The molecule has 0 spiro atoms. The smallest absolute Gasteiger partial charge is 0.0586 e. The molecule has 1 heterocycles. The summed E-state index contributed by atoms with van der Waals surface area (Å²) in [6, 6.07) is 1.15. The second kappa shape index (κ2) is 7.46. The van der Waals surface area contributed by atoms with Gasteiger partial charge in [0.15, 0.2) is 0 Å². The number of nitrogens with one attached hydrogen (secondary N) is 1. The molecule has 106 valence electrons. The summed E-state index contributed by atoms with van der Waals surface area (Å²) in [7, 11) is 0. The lowest BCUT2D eigenvalue weighted by atomic mass is 9.83. The number of aliphatic hydroxyl groups is 1. The van der Waals surface area contributed by atoms with E-state index in [1.807, 2.05) is 0 Å². The largest absolute Gasteiger partial charge is 0.395 e. The van der Waals surface area contributed by atoms with Crippen LogP contribution in [0.2, 0.25) is 0 Å². The van der Waals surface area contributed by atoms with Crippen LogP contribution < -0.4 is 5.32 Å². The number of hydrogen-bond donors (Lipinski definition) is 2. The third-order valence-electron chi connectivity index (χ3n) is 4.80. The summed E-state index contributed by atoms with van der Waals surface area (Å²) in [5.41, 5.74) is 0. The van der Waals surface area contributed by atoms with Crippen molar-refractivity contribution in [2.75, 3.05) is 26.2 Å². The fraction of sp³-hybridized carbons (Fsp3) is 1.00. The number of aliphatic hydroxyl groups excluding tert-OH is 1. The minimum atomic E-state index is 0.346. The van der Waals surface area contributed by atoms with E-state index >= 15 is 0 Å². The van der Waals surface area contributed by atoms with Crippen molar-refractivity contribution < 1.29 is 5.11 Å². The molecule has 3 nitrogen and oxygen atoms in total. The summed E-state index contributed by atoms with van der Waals surface area (Å²) in [6.45, 7) is 6.04. The lowest BCUT2D eigenvalue weighted by Crippen LogP contribution is -2.49. The SMILES string of the molecule is CCNC1CCCCC1CN1CCCCC1CO. The van der Waals surface area contributed by atoms with Crippen LogP contribution in [0.25, 0.3) is 0 Å². The highest BCUT2D eigenvalue weighted by Crippen LogP contribution is 2.27. The highest BCUT2D eigenvalue weighted by molar-refractivity contribution is 4.86. The second-order valence-corrected chi connectivity index (χ2v) is 6.04. The maximum Gasteiger partial charge on any atom is 0.0586 e. The molecule has 2 rings (SSSR count). The number of likely N-dealkylation sites (tertiary alicyclic amines) is 1. The topological polar surface area (TPSA) is 35.5 Å². The quantitative estimate of drug-likeness (QED) is 0.788. The van der Waals surface area contributed by atoms with Gasteiger partial charge in [-0.25, -0.2) is 0 Å². The Balaban J connectivity index is 1.88. The highest BCUT2D eigenvalue weighted by Gasteiger charge is 2.29. The predicted octanol–water partition coefficient (Wildman–Crippen LogP) is 2.00. The van der Waals surface area contributed by atoms with E-state index in [1.54, 1.807) is 0 Å². The van der Waals surface area contributed by atoms with Crippen molar-refractivity contribution in [2.45, 2.75) is 64.0 Å². The molecule has 0 amide bonds. The van der Waals surface area contributed by atoms with Crippen LogP contribution in [-0.4, -0.2) is 48.3 Å². The van der Waals surface area contributed by atoms with Crippen molar-refractivity contribution in [1.82, 2.24) is 10.2 Å². The van der Waals surface area contributed by atoms with E-state index < -0.39 is 0 Å². The molecule has 3 atom stereocenters. The standard InChI is InChI=1S/C15H30N2O/c1-2-16-15-9-4-3-7-13(15)11-17-10-6-5-8-14(17)12-18/h13-16,18H,2-12H2,1H3. The van der Waals surface area contributed by atoms with E-state index in [2.05, 4.69) is 17.1 Å². The van der Waals surface area contributed by atoms with Crippen molar-refractivity contribution in [1.29, 1.82) is 0 Å². The number of piperidine rings is 1. The van der Waals surface area contributed by atoms with Crippen LogP contribution in [0.3, 0.4) is 0 Å². The molecule has 0 aromatic rings. The maximum atomic E-state index is 9.50. The molecule has 2 fully saturated rings. The Bertz CT molecular complexity index is 233. The van der Waals surface area contributed by atoms with Crippen molar-refractivity contribution in [3.05, 3.63) is 0 Å². The molecule has 1 aliphatic carbocycles. The first-order valence-electron chi connectivity index (χ1n) is 7.93. The first kappa shape index (κ1) is 14.3. The Hall–Kier alpha value is -0.120. The number of rotatable bonds is 5. The van der Waals surface area contributed by atoms with Gasteiger partial charge in [-0.1, -0.05) is 26.2 Å². The van der Waals surface area contributed by atoms with Crippen LogP contribution in [0.4, 0.5) is 0 Å². The van der Waals surface area contributed by atoms with Crippen molar-refractivity contribution in [3.63, 3.8) is 0 Å². The Morgan fingerprint density at radius 2 is 1.89 bits per heavy atom. The molecule has 1 saturated heterocycles. The number of nitrogens with zero attached hydrogens (tertiary/aromatic N) is 1. The van der Waals surface area contributed by atoms with Gasteiger partial charge < -0.3 is 10.4 Å². The predicted molar refractivity (Wildman–Crippen MR) is 75.7 cm³/mol. The summed E-state index contributed by atoms with van der Waals surface area (Å²) in [5.74, 6) is 0.797. The number of hydrogen-bond acceptors (Lipinski definition) is 3. The van der Waals surface area contributed by atoms with Gasteiger partial charge in [0, 0.05) is 18.6 Å². The minimum absolute atomic E-state index is 0.346. The van der Waals surface area contributed by atoms with E-state index in [1.165, 1.54) is 58.0 Å². The van der Waals surface area contributed by atoms with Crippen molar-refractivity contribution >= 4 is 0 Å². The molecule has 2 N–H and O–H groups in total. The monoisotopic (exact) mass is 254 g/mol. The van der Waals surface area contributed by atoms with Crippen LogP contribution >= 0.6 is 0 Å². The second-order valence-electron chi connectivity index (χ2n) is 6.04. The molecule has 0 radical (unpaired) electrons. The van der Waals surface area contributed by atoms with Gasteiger partial charge in [0.25, 0.3) is 0 Å². The Kier molecular flexibility index (Phi) is 5.93. The molecule has 0 aromatic heterocycles. The molecule has 0 aromatic carbocycles. The molecule has 1 aliphatic heterocycles. The zero-order chi connectivity index (χ0) is 12.8. The minimum Gasteiger partial charge on any atom is -0.395 e. The van der Waals surface area contributed by atoms with Gasteiger partial charge in [-0.3, -0.25) is 4.90 Å². The van der Waals surface area contributed by atoms with Gasteiger partial charge in [0.1, 0.15) is 0 Å². The molecule has 2 aliphatic rings. The first-order chi connectivity index (χ1) is 8.85. The van der Waals surface area contributed by atoms with Crippen LogP contribution in [-0.2, 0) is 0 Å². The van der Waals surface area contributed by atoms with Crippen LogP contribution in [0.15, 0.2) is 0 Å². The Morgan fingerprint density at radius 3 is 2.67 bits per heavy atom. The summed E-state index contributed by atoms with van der Waals surface area (Å²) in [5, 5.41) is 13.2. The van der Waals surface area contributed by atoms with Crippen molar-refractivity contribution in [2.24, 2.45) is 5.92 Å². The van der Waals surface area contributed by atoms with Gasteiger partial charge >= 0.3 is 0 Å². The average Bonchev–Trinajstić information content (AvgIpc) is 2.42. The first-order valence-corrected chi connectivity index (χ1v) is 7.93. The van der Waals surface area contributed by atoms with Gasteiger partial charge in [-0.05, 0) is 44.7 Å². The molecular weight excluding hydrogens is 224 g/mol. The van der Waals surface area contributed by atoms with E-state index in [0.29, 0.717) is 18.7 Å². The third kappa shape index (κ3) is 3.69. The van der Waals surface area contributed by atoms with Crippen LogP contribution in [0.1, 0.15) is 51.9 Å². The lowest BCUT2D eigenvalue weighted by molar-refractivity contribution is 0.0621. The molecule has 3 unspecified atom stereocenters. The van der Waals surface area contributed by atoms with E-state index in [4.69, 9.17) is 0 Å². The fourth-order valence-corrected chi connectivity index (χ4v) is 3.77. The van der Waals surface area contributed by atoms with Crippen molar-refractivity contribution in [3.8, 4) is 0 Å². The Labute approximate surface area is 112 Å². The van der Waals surface area contributed by atoms with E-state index in [9.17, 15) is 5.11 Å². The summed E-state index contributed by atoms with van der Waals surface area (Å²) in [4.78, 5) is 2.56. The van der Waals surface area contributed by atoms with Gasteiger partial charge in [0.2, 0.25) is 0 Å². The molecule has 3 heteroatoms. The molecule has 1 saturated carbocycles. The summed E-state index contributed by atoms with van der Waals surface area (Å²) >= 11 is 0. The maximum absolute atomic E-state index is 9.50. The van der Waals surface area contributed by atoms with Crippen LogP contribution in [0, 0.1) is 5.92 Å². The van der Waals surface area contributed by atoms with E-state index in [-0.39, 0.29) is 0 Å². The lowest BCUT2D eigenvalue weighted by Gasteiger charge is -2.40. The molecule has 0 bridgehead atoms. The van der Waals surface area contributed by atoms with Gasteiger partial charge in [0.05, 0.1) is 6.61 Å². The third-order valence-corrected chi connectivity index (χ3v) is 4.80. The normalized spacial score (nSPS) is 34.7. The highest BCUT2D eigenvalue weighted by atomic mass is 16.3. The van der Waals surface area contributed by atoms with E-state index in [0.717, 1.165) is 12.5 Å². The molecular formula is C15H30N2O. The van der Waals surface area contributed by atoms with Gasteiger partial charge in [-0.15, -0.1) is 0 Å². The Morgan fingerprint density at radius 1 is 1.11 bits per heavy atom. The average molecular weight is 254 g/mol. The summed E-state index contributed by atoms with van der Waals surface area (Å²) < 4.78 is 0. The fourth-order valence-electron chi connectivity index (χ4n) is 3.77.